The molecule has 1 aromatic carbocycles. The van der Waals surface area contributed by atoms with Crippen molar-refractivity contribution in [1.29, 1.82) is 0 Å². The normalized spacial score (nSPS) is 19.3. The minimum absolute atomic E-state index is 0.103. The first kappa shape index (κ1) is 25.3. The van der Waals surface area contributed by atoms with Crippen molar-refractivity contribution in [2.45, 2.75) is 64.7 Å². The molecule has 1 aromatic heterocycles. The van der Waals surface area contributed by atoms with Gasteiger partial charge in [0, 0.05) is 23.9 Å². The minimum Gasteiger partial charge on any atom is -0.463 e. The Kier molecular flexibility index (Phi) is 7.96. The molecule has 1 aliphatic rings. The molecule has 0 saturated carbocycles. The van der Waals surface area contributed by atoms with Gasteiger partial charge in [-0.05, 0) is 24.8 Å². The SMILES string of the molecule is CCC(C)OC(=O)C[C@H](NC(=O)[C@]1(C(C)C)CC(c2nccc3ccccc23)=NO1)C(=O)CF. The Hall–Kier alpha value is -3.36. The van der Waals surface area contributed by atoms with Gasteiger partial charge in [-0.2, -0.15) is 0 Å². The van der Waals surface area contributed by atoms with Crippen molar-refractivity contribution in [3.63, 3.8) is 0 Å². The third kappa shape index (κ3) is 5.24. The Labute approximate surface area is 197 Å². The monoisotopic (exact) mass is 471 g/mol. The van der Waals surface area contributed by atoms with Gasteiger partial charge in [-0.15, -0.1) is 0 Å². The molecule has 2 aromatic rings. The van der Waals surface area contributed by atoms with Crippen LogP contribution in [0.5, 0.6) is 0 Å². The molecule has 0 radical (unpaired) electrons. The van der Waals surface area contributed by atoms with Crippen molar-refractivity contribution < 1.29 is 28.3 Å². The van der Waals surface area contributed by atoms with Crippen LogP contribution in [0, 0.1) is 5.92 Å². The van der Waals surface area contributed by atoms with E-state index in [0.29, 0.717) is 17.8 Å². The number of carbonyl (C=O) groups is 3. The molecule has 3 atom stereocenters. The molecular formula is C25H30FN3O5. The first-order valence-electron chi connectivity index (χ1n) is 11.4. The van der Waals surface area contributed by atoms with Gasteiger partial charge >= 0.3 is 5.97 Å². The second-order valence-electron chi connectivity index (χ2n) is 8.77. The number of aromatic nitrogens is 1. The van der Waals surface area contributed by atoms with Crippen LogP contribution in [0.3, 0.4) is 0 Å². The third-order valence-corrected chi connectivity index (χ3v) is 6.12. The summed E-state index contributed by atoms with van der Waals surface area (Å²) in [6, 6.07) is 8.17. The lowest BCUT2D eigenvalue weighted by Crippen LogP contribution is -2.56. The average Bonchev–Trinajstić information content (AvgIpc) is 3.29. The number of rotatable bonds is 10. The number of ketones is 1. The van der Waals surface area contributed by atoms with Crippen molar-refractivity contribution >= 4 is 34.1 Å². The fourth-order valence-corrected chi connectivity index (χ4v) is 3.76. The zero-order valence-electron chi connectivity index (χ0n) is 19.8. The maximum atomic E-state index is 13.4. The highest BCUT2D eigenvalue weighted by molar-refractivity contribution is 6.12. The maximum absolute atomic E-state index is 13.4. The molecule has 1 amide bonds. The number of Topliss-reactive ketones (excluding diaryl/α,β-unsaturated/α-hetero) is 1. The zero-order chi connectivity index (χ0) is 24.9. The van der Waals surface area contributed by atoms with Crippen LogP contribution < -0.4 is 5.32 Å². The number of hydrogen-bond donors (Lipinski definition) is 1. The van der Waals surface area contributed by atoms with Crippen LogP contribution in [-0.4, -0.2) is 52.8 Å². The summed E-state index contributed by atoms with van der Waals surface area (Å²) in [6.45, 7) is 5.81. The molecule has 0 bridgehead atoms. The van der Waals surface area contributed by atoms with E-state index in [1.807, 2.05) is 37.3 Å². The predicted molar refractivity (Wildman–Crippen MR) is 125 cm³/mol. The quantitative estimate of drug-likeness (QED) is 0.532. The first-order valence-corrected chi connectivity index (χ1v) is 11.4. The Morgan fingerprint density at radius 1 is 1.21 bits per heavy atom. The molecule has 9 heteroatoms. The van der Waals surface area contributed by atoms with Crippen molar-refractivity contribution in [3.05, 3.63) is 42.2 Å². The lowest BCUT2D eigenvalue weighted by Gasteiger charge is -2.30. The van der Waals surface area contributed by atoms with E-state index in [9.17, 15) is 18.8 Å². The number of pyridine rings is 1. The summed E-state index contributed by atoms with van der Waals surface area (Å²) in [5.41, 5.74) is -0.351. The van der Waals surface area contributed by atoms with E-state index in [4.69, 9.17) is 9.57 Å². The summed E-state index contributed by atoms with van der Waals surface area (Å²) < 4.78 is 18.4. The molecule has 2 heterocycles. The van der Waals surface area contributed by atoms with Crippen LogP contribution in [0.4, 0.5) is 4.39 Å². The Balaban J connectivity index is 1.82. The molecule has 0 aliphatic carbocycles. The van der Waals surface area contributed by atoms with Gasteiger partial charge in [0.15, 0.2) is 5.78 Å². The third-order valence-electron chi connectivity index (χ3n) is 6.12. The summed E-state index contributed by atoms with van der Waals surface area (Å²) in [6.07, 6.45) is 1.53. The second kappa shape index (κ2) is 10.7. The highest BCUT2D eigenvalue weighted by Gasteiger charge is 2.51. The molecule has 1 N–H and O–H groups in total. The summed E-state index contributed by atoms with van der Waals surface area (Å²) >= 11 is 0. The number of hydrogen-bond acceptors (Lipinski definition) is 7. The first-order chi connectivity index (χ1) is 16.2. The highest BCUT2D eigenvalue weighted by atomic mass is 19.1. The van der Waals surface area contributed by atoms with Gasteiger partial charge in [-0.25, -0.2) is 4.39 Å². The molecule has 182 valence electrons. The number of nitrogens with zero attached hydrogens (tertiary/aromatic N) is 2. The van der Waals surface area contributed by atoms with Crippen molar-refractivity contribution in [2.24, 2.45) is 11.1 Å². The molecule has 0 fully saturated rings. The standard InChI is InChI=1S/C25H30FN3O5/c1-5-16(4)33-22(31)12-19(21(30)14-26)28-24(32)25(15(2)3)13-20(29-34-25)23-18-9-7-6-8-17(18)10-11-27-23/h6-11,15-16,19H,5,12-14H2,1-4H3,(H,28,32)/t16?,19-,25+/m0/s1. The van der Waals surface area contributed by atoms with Gasteiger partial charge in [0.1, 0.15) is 18.4 Å². The Morgan fingerprint density at radius 2 is 1.94 bits per heavy atom. The maximum Gasteiger partial charge on any atom is 0.308 e. The van der Waals surface area contributed by atoms with Crippen LogP contribution in [0.1, 0.15) is 52.7 Å². The minimum atomic E-state index is -1.44. The smallest absolute Gasteiger partial charge is 0.308 e. The van der Waals surface area contributed by atoms with Crippen LogP contribution in [-0.2, 0) is 24.0 Å². The van der Waals surface area contributed by atoms with E-state index in [2.05, 4.69) is 15.5 Å². The summed E-state index contributed by atoms with van der Waals surface area (Å²) in [5, 5.41) is 8.53. The van der Waals surface area contributed by atoms with Crippen molar-refractivity contribution in [1.82, 2.24) is 10.3 Å². The second-order valence-corrected chi connectivity index (χ2v) is 8.77. The number of nitrogens with one attached hydrogen (secondary N) is 1. The number of esters is 1. The lowest BCUT2D eigenvalue weighted by atomic mass is 9.83. The topological polar surface area (TPSA) is 107 Å². The van der Waals surface area contributed by atoms with Gasteiger partial charge in [-0.3, -0.25) is 19.4 Å². The number of amides is 1. The number of benzene rings is 1. The fourth-order valence-electron chi connectivity index (χ4n) is 3.76. The average molecular weight is 472 g/mol. The summed E-state index contributed by atoms with van der Waals surface area (Å²) in [4.78, 5) is 47.9. The molecule has 3 rings (SSSR count). The Bertz CT molecular complexity index is 1100. The van der Waals surface area contributed by atoms with E-state index in [1.165, 1.54) is 0 Å². The van der Waals surface area contributed by atoms with E-state index in [0.717, 1.165) is 10.8 Å². The number of carbonyl (C=O) groups excluding carboxylic acids is 3. The number of oxime groups is 1. The van der Waals surface area contributed by atoms with E-state index in [-0.39, 0.29) is 18.4 Å². The van der Waals surface area contributed by atoms with Gasteiger partial charge in [0.2, 0.25) is 5.60 Å². The van der Waals surface area contributed by atoms with Crippen molar-refractivity contribution in [2.75, 3.05) is 6.67 Å². The number of halogens is 1. The van der Waals surface area contributed by atoms with Gasteiger partial charge in [0.05, 0.1) is 18.2 Å². The molecule has 1 unspecified atom stereocenters. The molecule has 0 spiro atoms. The number of fused-ring (bicyclic) bond motifs is 1. The molecule has 1 aliphatic heterocycles. The summed E-state index contributed by atoms with van der Waals surface area (Å²) in [7, 11) is 0. The predicted octanol–water partition coefficient (Wildman–Crippen LogP) is 3.51. The van der Waals surface area contributed by atoms with Gasteiger partial charge in [-0.1, -0.05) is 50.2 Å². The highest BCUT2D eigenvalue weighted by Crippen LogP contribution is 2.35. The zero-order valence-corrected chi connectivity index (χ0v) is 19.8. The molecule has 8 nitrogen and oxygen atoms in total. The van der Waals surface area contributed by atoms with Crippen molar-refractivity contribution in [3.8, 4) is 0 Å². The van der Waals surface area contributed by atoms with Gasteiger partial charge < -0.3 is 14.9 Å². The molecule has 34 heavy (non-hydrogen) atoms. The van der Waals surface area contributed by atoms with Crippen LogP contribution in [0.15, 0.2) is 41.7 Å². The summed E-state index contributed by atoms with van der Waals surface area (Å²) in [5.74, 6) is -2.60. The van der Waals surface area contributed by atoms with E-state index < -0.39 is 42.4 Å². The largest absolute Gasteiger partial charge is 0.463 e. The van der Waals surface area contributed by atoms with Crippen LogP contribution >= 0.6 is 0 Å². The van der Waals surface area contributed by atoms with E-state index >= 15 is 0 Å². The van der Waals surface area contributed by atoms with Crippen LogP contribution in [0.25, 0.3) is 10.8 Å². The number of ether oxygens (including phenoxy) is 1. The molecule has 0 saturated heterocycles. The Morgan fingerprint density at radius 3 is 2.62 bits per heavy atom. The number of alkyl halides is 1. The molecular weight excluding hydrogens is 441 g/mol. The fraction of sp³-hybridized carbons (Fsp3) is 0.480. The van der Waals surface area contributed by atoms with Crippen LogP contribution in [0.2, 0.25) is 0 Å². The van der Waals surface area contributed by atoms with E-state index in [1.54, 1.807) is 27.0 Å². The lowest BCUT2D eigenvalue weighted by molar-refractivity contribution is -0.154. The van der Waals surface area contributed by atoms with Gasteiger partial charge in [0.25, 0.3) is 5.91 Å².